The number of aryl methyl sites for hydroxylation is 1. The summed E-state index contributed by atoms with van der Waals surface area (Å²) in [6.07, 6.45) is 0. The quantitative estimate of drug-likeness (QED) is 0.758. The Hall–Kier alpha value is -1.22. The van der Waals surface area contributed by atoms with Crippen LogP contribution in [0.25, 0.3) is 5.73 Å². The van der Waals surface area contributed by atoms with Crippen LogP contribution in [0.1, 0.15) is 5.56 Å². The second-order valence-corrected chi connectivity index (χ2v) is 4.22. The van der Waals surface area contributed by atoms with Crippen LogP contribution in [0.3, 0.4) is 0 Å². The normalized spacial score (nSPS) is 10.7. The fourth-order valence-corrected chi connectivity index (χ4v) is 1.36. The molecular formula is C12H20N3-. The van der Waals surface area contributed by atoms with E-state index in [1.54, 1.807) is 0 Å². The first-order valence-electron chi connectivity index (χ1n) is 5.19. The van der Waals surface area contributed by atoms with Gasteiger partial charge in [-0.05, 0) is 33.2 Å². The molecule has 0 fully saturated rings. The number of hydrogen-bond acceptors (Lipinski definition) is 2. The van der Waals surface area contributed by atoms with E-state index in [4.69, 9.17) is 5.73 Å². The zero-order valence-corrected chi connectivity index (χ0v) is 10.0. The maximum Gasteiger partial charge on any atom is 0.0365 e. The highest BCUT2D eigenvalue weighted by molar-refractivity contribution is 5.59. The van der Waals surface area contributed by atoms with E-state index in [0.717, 1.165) is 18.7 Å². The summed E-state index contributed by atoms with van der Waals surface area (Å²) in [5.41, 5.74) is 10.4. The highest BCUT2D eigenvalue weighted by Crippen LogP contribution is 2.22. The monoisotopic (exact) mass is 206 g/mol. The molecule has 0 amide bonds. The van der Waals surface area contributed by atoms with Gasteiger partial charge < -0.3 is 15.5 Å². The van der Waals surface area contributed by atoms with Crippen LogP contribution >= 0.6 is 0 Å². The SMILES string of the molecule is Cc1cc(N(C)CCN(C)C)ccc1[NH-]. The Balaban J connectivity index is 2.65. The molecule has 0 aliphatic carbocycles. The average molecular weight is 206 g/mol. The van der Waals surface area contributed by atoms with Crippen molar-refractivity contribution in [2.24, 2.45) is 0 Å². The first-order chi connectivity index (χ1) is 7.00. The second-order valence-electron chi connectivity index (χ2n) is 4.22. The Bertz CT molecular complexity index is 321. The number of nitrogens with zero attached hydrogens (tertiary/aromatic N) is 2. The Labute approximate surface area is 92.5 Å². The number of hydrogen-bond donors (Lipinski definition) is 0. The van der Waals surface area contributed by atoms with Crippen LogP contribution in [-0.2, 0) is 0 Å². The molecule has 3 nitrogen and oxygen atoms in total. The number of anilines is 1. The third kappa shape index (κ3) is 3.44. The smallest absolute Gasteiger partial charge is 0.0365 e. The van der Waals surface area contributed by atoms with Crippen molar-refractivity contribution in [3.63, 3.8) is 0 Å². The number of rotatable bonds is 4. The Morgan fingerprint density at radius 1 is 1.13 bits per heavy atom. The van der Waals surface area contributed by atoms with Gasteiger partial charge in [0.2, 0.25) is 0 Å². The van der Waals surface area contributed by atoms with Gasteiger partial charge in [-0.25, -0.2) is 0 Å². The summed E-state index contributed by atoms with van der Waals surface area (Å²) < 4.78 is 0. The van der Waals surface area contributed by atoms with Gasteiger partial charge in [-0.15, -0.1) is 5.69 Å². The van der Waals surface area contributed by atoms with Crippen LogP contribution in [0.2, 0.25) is 0 Å². The van der Waals surface area contributed by atoms with Gasteiger partial charge in [-0.1, -0.05) is 11.6 Å². The van der Waals surface area contributed by atoms with Gasteiger partial charge in [0.15, 0.2) is 0 Å². The molecular weight excluding hydrogens is 186 g/mol. The van der Waals surface area contributed by atoms with E-state index < -0.39 is 0 Å². The first-order valence-corrected chi connectivity index (χ1v) is 5.19. The predicted molar refractivity (Wildman–Crippen MR) is 67.0 cm³/mol. The molecule has 0 spiro atoms. The number of nitrogens with one attached hydrogen (secondary N) is 1. The molecule has 0 saturated heterocycles. The van der Waals surface area contributed by atoms with Crippen molar-refractivity contribution in [3.05, 3.63) is 29.5 Å². The molecule has 0 heterocycles. The second kappa shape index (κ2) is 5.03. The minimum Gasteiger partial charge on any atom is -0.699 e. The van der Waals surface area contributed by atoms with Crippen molar-refractivity contribution in [1.82, 2.24) is 4.90 Å². The van der Waals surface area contributed by atoms with E-state index >= 15 is 0 Å². The van der Waals surface area contributed by atoms with E-state index in [2.05, 4.69) is 37.0 Å². The lowest BCUT2D eigenvalue weighted by Crippen LogP contribution is -2.28. The maximum atomic E-state index is 7.60. The summed E-state index contributed by atoms with van der Waals surface area (Å²) in [6.45, 7) is 4.02. The van der Waals surface area contributed by atoms with Crippen molar-refractivity contribution in [1.29, 1.82) is 0 Å². The van der Waals surface area contributed by atoms with Crippen LogP contribution in [0, 0.1) is 6.92 Å². The molecule has 0 unspecified atom stereocenters. The van der Waals surface area contributed by atoms with Gasteiger partial charge in [0.25, 0.3) is 0 Å². The fourth-order valence-electron chi connectivity index (χ4n) is 1.36. The third-order valence-electron chi connectivity index (χ3n) is 2.53. The Morgan fingerprint density at radius 3 is 2.33 bits per heavy atom. The lowest BCUT2D eigenvalue weighted by molar-refractivity contribution is 0.416. The average Bonchev–Trinajstić information content (AvgIpc) is 2.18. The molecule has 15 heavy (non-hydrogen) atoms. The van der Waals surface area contributed by atoms with E-state index in [-0.39, 0.29) is 0 Å². The molecule has 0 atom stereocenters. The van der Waals surface area contributed by atoms with Gasteiger partial charge in [0.1, 0.15) is 0 Å². The maximum absolute atomic E-state index is 7.60. The topological polar surface area (TPSA) is 30.3 Å². The summed E-state index contributed by atoms with van der Waals surface area (Å²) in [4.78, 5) is 4.38. The molecule has 1 N–H and O–H groups in total. The first kappa shape index (κ1) is 11.9. The molecule has 3 heteroatoms. The van der Waals surface area contributed by atoms with Gasteiger partial charge in [0, 0.05) is 25.8 Å². The standard InChI is InChI=1S/C12H20N3/c1-10-9-11(5-6-12(10)13)15(4)8-7-14(2)3/h5-6,9,13H,7-8H2,1-4H3/q-1. The van der Waals surface area contributed by atoms with Crippen molar-refractivity contribution in [2.45, 2.75) is 6.92 Å². The summed E-state index contributed by atoms with van der Waals surface area (Å²) in [5, 5.41) is 0. The lowest BCUT2D eigenvalue weighted by Gasteiger charge is -2.23. The van der Waals surface area contributed by atoms with Crippen LogP contribution < -0.4 is 4.90 Å². The van der Waals surface area contributed by atoms with Crippen LogP contribution in [0.15, 0.2) is 18.2 Å². The van der Waals surface area contributed by atoms with Crippen molar-refractivity contribution in [3.8, 4) is 0 Å². The van der Waals surface area contributed by atoms with Crippen molar-refractivity contribution in [2.75, 3.05) is 39.1 Å². The summed E-state index contributed by atoms with van der Waals surface area (Å²) in [7, 11) is 6.24. The third-order valence-corrected chi connectivity index (χ3v) is 2.53. The van der Waals surface area contributed by atoms with Gasteiger partial charge in [0.05, 0.1) is 0 Å². The van der Waals surface area contributed by atoms with Gasteiger partial charge >= 0.3 is 0 Å². The molecule has 1 aromatic carbocycles. The van der Waals surface area contributed by atoms with Gasteiger partial charge in [-0.2, -0.15) is 0 Å². The van der Waals surface area contributed by atoms with Crippen molar-refractivity contribution < 1.29 is 0 Å². The minimum atomic E-state index is 0.611. The van der Waals surface area contributed by atoms with Crippen LogP contribution in [-0.4, -0.2) is 39.1 Å². The van der Waals surface area contributed by atoms with E-state index in [1.165, 1.54) is 5.69 Å². The Kier molecular flexibility index (Phi) is 3.97. The van der Waals surface area contributed by atoms with Crippen molar-refractivity contribution >= 4 is 11.4 Å². The Morgan fingerprint density at radius 2 is 1.80 bits per heavy atom. The number of benzene rings is 1. The largest absolute Gasteiger partial charge is 0.699 e. The molecule has 0 bridgehead atoms. The molecule has 0 aromatic heterocycles. The molecule has 0 aliphatic heterocycles. The highest BCUT2D eigenvalue weighted by Gasteiger charge is 2.01. The van der Waals surface area contributed by atoms with Gasteiger partial charge in [-0.3, -0.25) is 0 Å². The molecule has 1 rings (SSSR count). The molecule has 0 aliphatic rings. The van der Waals surface area contributed by atoms with E-state index in [0.29, 0.717) is 5.69 Å². The van der Waals surface area contributed by atoms with E-state index in [9.17, 15) is 0 Å². The lowest BCUT2D eigenvalue weighted by atomic mass is 10.2. The predicted octanol–water partition coefficient (Wildman–Crippen LogP) is 2.68. The highest BCUT2D eigenvalue weighted by atomic mass is 15.1. The minimum absolute atomic E-state index is 0.611. The van der Waals surface area contributed by atoms with E-state index in [1.807, 2.05) is 19.1 Å². The summed E-state index contributed by atoms with van der Waals surface area (Å²) >= 11 is 0. The molecule has 84 valence electrons. The number of likely N-dealkylation sites (N-methyl/N-ethyl adjacent to an activating group) is 2. The fraction of sp³-hybridized carbons (Fsp3) is 0.500. The van der Waals surface area contributed by atoms with Crippen LogP contribution in [0.5, 0.6) is 0 Å². The summed E-state index contributed by atoms with van der Waals surface area (Å²) in [5.74, 6) is 0. The zero-order valence-electron chi connectivity index (χ0n) is 10.0. The molecule has 0 saturated carbocycles. The van der Waals surface area contributed by atoms with Crippen LogP contribution in [0.4, 0.5) is 11.4 Å². The summed E-state index contributed by atoms with van der Waals surface area (Å²) in [6, 6.07) is 5.93. The molecule has 0 radical (unpaired) electrons. The molecule has 1 aromatic rings. The zero-order chi connectivity index (χ0) is 11.4.